The highest BCUT2D eigenvalue weighted by Gasteiger charge is 2.23. The second-order valence-corrected chi connectivity index (χ2v) is 5.46. The van der Waals surface area contributed by atoms with Crippen LogP contribution in [0.15, 0.2) is 30.3 Å². The Hall–Kier alpha value is -2.14. The van der Waals surface area contributed by atoms with Gasteiger partial charge in [0.05, 0.1) is 0 Å². The number of benzene rings is 1. The molecule has 110 valence electrons. The Morgan fingerprint density at radius 3 is 2.90 bits per heavy atom. The quantitative estimate of drug-likeness (QED) is 0.943. The summed E-state index contributed by atoms with van der Waals surface area (Å²) in [5, 5.41) is 9.17. The van der Waals surface area contributed by atoms with Crippen molar-refractivity contribution in [3.8, 4) is 0 Å². The van der Waals surface area contributed by atoms with Crippen molar-refractivity contribution in [3.05, 3.63) is 58.7 Å². The Balaban J connectivity index is 1.78. The maximum absolute atomic E-state index is 13.2. The molecule has 0 bridgehead atoms. The smallest absolute Gasteiger partial charge is 0.352 e. The van der Waals surface area contributed by atoms with Crippen LogP contribution in [0.5, 0.6) is 0 Å². The van der Waals surface area contributed by atoms with Crippen molar-refractivity contribution < 1.29 is 14.3 Å². The summed E-state index contributed by atoms with van der Waals surface area (Å²) < 4.78 is 15.0. The number of hydrogen-bond acceptors (Lipinski definition) is 2. The third kappa shape index (κ3) is 2.69. The van der Waals surface area contributed by atoms with Crippen LogP contribution in [0.2, 0.25) is 0 Å². The van der Waals surface area contributed by atoms with Crippen molar-refractivity contribution in [3.63, 3.8) is 0 Å². The Morgan fingerprint density at radius 2 is 2.19 bits per heavy atom. The van der Waals surface area contributed by atoms with E-state index in [9.17, 15) is 14.3 Å². The van der Waals surface area contributed by atoms with Crippen molar-refractivity contribution >= 4 is 5.97 Å². The second kappa shape index (κ2) is 5.33. The van der Waals surface area contributed by atoms with E-state index < -0.39 is 5.97 Å². The second-order valence-electron chi connectivity index (χ2n) is 5.46. The monoisotopic (exact) mass is 288 g/mol. The minimum Gasteiger partial charge on any atom is -0.477 e. The van der Waals surface area contributed by atoms with Gasteiger partial charge in [-0.1, -0.05) is 12.1 Å². The van der Waals surface area contributed by atoms with Gasteiger partial charge in [-0.05, 0) is 29.3 Å². The molecule has 0 aliphatic carbocycles. The van der Waals surface area contributed by atoms with Crippen molar-refractivity contribution in [2.45, 2.75) is 19.5 Å². The molecule has 5 heteroatoms. The summed E-state index contributed by atoms with van der Waals surface area (Å²) >= 11 is 0. The van der Waals surface area contributed by atoms with E-state index in [2.05, 4.69) is 4.90 Å². The highest BCUT2D eigenvalue weighted by molar-refractivity contribution is 5.86. The lowest BCUT2D eigenvalue weighted by atomic mass is 10.1. The lowest BCUT2D eigenvalue weighted by Gasteiger charge is -2.27. The van der Waals surface area contributed by atoms with Crippen molar-refractivity contribution in [2.24, 2.45) is 7.05 Å². The molecule has 0 fully saturated rings. The molecule has 2 aromatic rings. The summed E-state index contributed by atoms with van der Waals surface area (Å²) in [4.78, 5) is 13.4. The van der Waals surface area contributed by atoms with Crippen LogP contribution in [-0.4, -0.2) is 27.1 Å². The van der Waals surface area contributed by atoms with Crippen LogP contribution in [0, 0.1) is 5.82 Å². The van der Waals surface area contributed by atoms with Gasteiger partial charge in [0, 0.05) is 38.8 Å². The average molecular weight is 288 g/mol. The summed E-state index contributed by atoms with van der Waals surface area (Å²) in [6, 6.07) is 8.35. The van der Waals surface area contributed by atoms with Crippen LogP contribution in [0.3, 0.4) is 0 Å². The van der Waals surface area contributed by atoms with Crippen molar-refractivity contribution in [2.75, 3.05) is 6.54 Å². The fraction of sp³-hybridized carbons (Fsp3) is 0.312. The maximum atomic E-state index is 13.2. The summed E-state index contributed by atoms with van der Waals surface area (Å²) in [6.07, 6.45) is 0.814. The van der Waals surface area contributed by atoms with Gasteiger partial charge in [0.15, 0.2) is 0 Å². The highest BCUT2D eigenvalue weighted by atomic mass is 19.1. The van der Waals surface area contributed by atoms with E-state index in [1.165, 1.54) is 6.07 Å². The molecule has 1 aliphatic heterocycles. The zero-order valence-electron chi connectivity index (χ0n) is 11.8. The van der Waals surface area contributed by atoms with Crippen molar-refractivity contribution in [1.82, 2.24) is 9.47 Å². The lowest BCUT2D eigenvalue weighted by Crippen LogP contribution is -2.30. The van der Waals surface area contributed by atoms with Crippen molar-refractivity contribution in [1.29, 1.82) is 0 Å². The molecular formula is C16H17FN2O2. The summed E-state index contributed by atoms with van der Waals surface area (Å²) in [5.41, 5.74) is 3.40. The molecule has 1 aromatic heterocycles. The fourth-order valence-electron chi connectivity index (χ4n) is 2.99. The van der Waals surface area contributed by atoms with Gasteiger partial charge >= 0.3 is 5.97 Å². The SMILES string of the molecule is Cn1c(C(=O)O)cc2c1CCN(Cc1cccc(F)c1)C2. The molecule has 0 atom stereocenters. The number of aromatic nitrogens is 1. The topological polar surface area (TPSA) is 45.5 Å². The third-order valence-electron chi connectivity index (χ3n) is 4.02. The zero-order valence-corrected chi connectivity index (χ0v) is 11.8. The van der Waals surface area contributed by atoms with Crippen LogP contribution < -0.4 is 0 Å². The number of aromatic carboxylic acids is 1. The minimum atomic E-state index is -0.899. The Labute approximate surface area is 122 Å². The molecule has 0 saturated heterocycles. The number of carboxylic acid groups (broad SMARTS) is 1. The normalized spacial score (nSPS) is 15.0. The number of hydrogen-bond donors (Lipinski definition) is 1. The van der Waals surface area contributed by atoms with E-state index in [-0.39, 0.29) is 5.82 Å². The van der Waals surface area contributed by atoms with Gasteiger partial charge in [-0.15, -0.1) is 0 Å². The molecule has 0 spiro atoms. The number of nitrogens with zero attached hydrogens (tertiary/aromatic N) is 2. The summed E-state index contributed by atoms with van der Waals surface area (Å²) in [6.45, 7) is 2.22. The van der Waals surface area contributed by atoms with Crippen LogP contribution in [-0.2, 0) is 26.6 Å². The van der Waals surface area contributed by atoms with Gasteiger partial charge in [0.1, 0.15) is 11.5 Å². The van der Waals surface area contributed by atoms with Gasteiger partial charge in [-0.25, -0.2) is 9.18 Å². The predicted octanol–water partition coefficient (Wildman–Crippen LogP) is 2.42. The van der Waals surface area contributed by atoms with Crippen LogP contribution in [0.4, 0.5) is 4.39 Å². The van der Waals surface area contributed by atoms with Gasteiger partial charge < -0.3 is 9.67 Å². The Morgan fingerprint density at radius 1 is 1.38 bits per heavy atom. The molecule has 1 N–H and O–H groups in total. The van der Waals surface area contributed by atoms with E-state index in [0.717, 1.165) is 29.8 Å². The maximum Gasteiger partial charge on any atom is 0.352 e. The van der Waals surface area contributed by atoms with Crippen LogP contribution in [0.25, 0.3) is 0 Å². The number of carbonyl (C=O) groups is 1. The third-order valence-corrected chi connectivity index (χ3v) is 4.02. The van der Waals surface area contributed by atoms with Gasteiger partial charge in [0.25, 0.3) is 0 Å². The predicted molar refractivity (Wildman–Crippen MR) is 76.6 cm³/mol. The molecule has 0 radical (unpaired) electrons. The number of fused-ring (bicyclic) bond motifs is 1. The molecular weight excluding hydrogens is 271 g/mol. The number of rotatable bonds is 3. The first-order valence-corrected chi connectivity index (χ1v) is 6.92. The Kier molecular flexibility index (Phi) is 3.51. The van der Waals surface area contributed by atoms with Crippen LogP contribution >= 0.6 is 0 Å². The zero-order chi connectivity index (χ0) is 15.0. The molecule has 0 unspecified atom stereocenters. The van der Waals surface area contributed by atoms with E-state index in [1.807, 2.05) is 6.07 Å². The molecule has 1 aliphatic rings. The fourth-order valence-corrected chi connectivity index (χ4v) is 2.99. The van der Waals surface area contributed by atoms with Gasteiger partial charge in [-0.2, -0.15) is 0 Å². The first kappa shape index (κ1) is 13.8. The molecule has 0 amide bonds. The molecule has 1 aromatic carbocycles. The lowest BCUT2D eigenvalue weighted by molar-refractivity contribution is 0.0686. The van der Waals surface area contributed by atoms with E-state index >= 15 is 0 Å². The average Bonchev–Trinajstić information content (AvgIpc) is 2.76. The molecule has 21 heavy (non-hydrogen) atoms. The van der Waals surface area contributed by atoms with Gasteiger partial charge in [-0.3, -0.25) is 4.90 Å². The van der Waals surface area contributed by atoms with Crippen LogP contribution in [0.1, 0.15) is 27.3 Å². The Bertz CT molecular complexity index is 694. The van der Waals surface area contributed by atoms with E-state index in [4.69, 9.17) is 0 Å². The standard InChI is InChI=1S/C16H17FN2O2/c1-18-14-5-6-19(9-11-3-2-4-13(17)7-11)10-12(14)8-15(18)16(20)21/h2-4,7-8H,5-6,9-10H2,1H3,(H,20,21). The highest BCUT2D eigenvalue weighted by Crippen LogP contribution is 2.23. The first-order valence-electron chi connectivity index (χ1n) is 6.92. The molecule has 0 saturated carbocycles. The number of carboxylic acids is 1. The number of halogens is 1. The molecule has 2 heterocycles. The minimum absolute atomic E-state index is 0.224. The summed E-state index contributed by atoms with van der Waals surface area (Å²) in [7, 11) is 1.80. The van der Waals surface area contributed by atoms with Gasteiger partial charge in [0.2, 0.25) is 0 Å². The van der Waals surface area contributed by atoms with E-state index in [1.54, 1.807) is 29.8 Å². The molecule has 4 nitrogen and oxygen atoms in total. The first-order chi connectivity index (χ1) is 10.0. The molecule has 3 rings (SSSR count). The van der Waals surface area contributed by atoms with E-state index in [0.29, 0.717) is 18.8 Å². The largest absolute Gasteiger partial charge is 0.477 e. The summed E-state index contributed by atoms with van der Waals surface area (Å²) in [5.74, 6) is -1.12.